The number of hydrogen-bond acceptors (Lipinski definition) is 4. The van der Waals surface area contributed by atoms with E-state index in [-0.39, 0.29) is 12.6 Å². The predicted octanol–water partition coefficient (Wildman–Crippen LogP) is 2.94. The fourth-order valence-electron chi connectivity index (χ4n) is 2.68. The van der Waals surface area contributed by atoms with Crippen LogP contribution in [-0.2, 0) is 9.59 Å². The molecule has 0 fully saturated rings. The summed E-state index contributed by atoms with van der Waals surface area (Å²) in [4.78, 5) is 24.3. The van der Waals surface area contributed by atoms with E-state index < -0.39 is 11.8 Å². The second-order valence-corrected chi connectivity index (χ2v) is 6.46. The number of carbonyl (C=O) groups excluding carboxylic acids is 2. The van der Waals surface area contributed by atoms with Crippen LogP contribution in [-0.4, -0.2) is 28.1 Å². The van der Waals surface area contributed by atoms with Crippen molar-refractivity contribution in [3.05, 3.63) is 72.4 Å². The van der Waals surface area contributed by atoms with Gasteiger partial charge in [0.25, 0.3) is 0 Å². The van der Waals surface area contributed by atoms with Crippen LogP contribution in [0.1, 0.15) is 37.1 Å². The summed E-state index contributed by atoms with van der Waals surface area (Å²) in [5.74, 6) is -0.389. The van der Waals surface area contributed by atoms with Gasteiger partial charge >= 0.3 is 11.8 Å². The first-order valence-electron chi connectivity index (χ1n) is 8.76. The van der Waals surface area contributed by atoms with Crippen molar-refractivity contribution in [2.24, 2.45) is 0 Å². The zero-order chi connectivity index (χ0) is 19.2. The van der Waals surface area contributed by atoms with Gasteiger partial charge in [0, 0.05) is 24.6 Å². The minimum atomic E-state index is -0.717. The van der Waals surface area contributed by atoms with Crippen molar-refractivity contribution in [2.45, 2.75) is 25.8 Å². The Morgan fingerprint density at radius 1 is 1.11 bits per heavy atom. The first-order valence-corrected chi connectivity index (χ1v) is 8.76. The molecule has 1 aromatic carbocycles. The minimum Gasteiger partial charge on any atom is -0.467 e. The number of rotatable bonds is 6. The maximum Gasteiger partial charge on any atom is 0.313 e. The lowest BCUT2D eigenvalue weighted by Gasteiger charge is -2.16. The van der Waals surface area contributed by atoms with Crippen LogP contribution in [0.2, 0.25) is 0 Å². The maximum atomic E-state index is 12.2. The number of aromatic nitrogens is 2. The molecular formula is C20H22N4O3. The second kappa shape index (κ2) is 8.35. The molecule has 0 aliphatic heterocycles. The molecule has 3 aromatic rings. The molecular weight excluding hydrogens is 344 g/mol. The molecule has 2 amide bonds. The summed E-state index contributed by atoms with van der Waals surface area (Å²) in [5, 5.41) is 9.43. The van der Waals surface area contributed by atoms with E-state index in [0.29, 0.717) is 17.4 Å². The summed E-state index contributed by atoms with van der Waals surface area (Å²) in [7, 11) is 0. The fourth-order valence-corrected chi connectivity index (χ4v) is 2.68. The lowest BCUT2D eigenvalue weighted by Crippen LogP contribution is -2.38. The third-order valence-electron chi connectivity index (χ3n) is 4.21. The monoisotopic (exact) mass is 366 g/mol. The molecule has 0 bridgehead atoms. The largest absolute Gasteiger partial charge is 0.467 e. The van der Waals surface area contributed by atoms with E-state index in [1.165, 1.54) is 0 Å². The summed E-state index contributed by atoms with van der Waals surface area (Å²) in [6.45, 7) is 4.36. The number of carbonyl (C=O) groups is 2. The molecule has 1 unspecified atom stereocenters. The van der Waals surface area contributed by atoms with Gasteiger partial charge in [-0.1, -0.05) is 26.0 Å². The smallest absolute Gasteiger partial charge is 0.313 e. The molecule has 2 heterocycles. The first kappa shape index (κ1) is 18.4. The van der Waals surface area contributed by atoms with Gasteiger partial charge in [0.05, 0.1) is 6.26 Å². The molecule has 0 saturated heterocycles. The van der Waals surface area contributed by atoms with Crippen LogP contribution in [0.25, 0.3) is 0 Å². The lowest BCUT2D eigenvalue weighted by atomic mass is 10.0. The third-order valence-corrected chi connectivity index (χ3v) is 4.21. The zero-order valence-electron chi connectivity index (χ0n) is 15.3. The van der Waals surface area contributed by atoms with Gasteiger partial charge in [-0.2, -0.15) is 5.10 Å². The minimum absolute atomic E-state index is 0.174. The molecule has 0 saturated carbocycles. The number of furan rings is 1. The van der Waals surface area contributed by atoms with Crippen molar-refractivity contribution in [1.82, 2.24) is 15.1 Å². The van der Waals surface area contributed by atoms with Crippen LogP contribution < -0.4 is 10.6 Å². The average molecular weight is 366 g/mol. The van der Waals surface area contributed by atoms with Crippen molar-refractivity contribution >= 4 is 17.5 Å². The highest BCUT2D eigenvalue weighted by atomic mass is 16.3. The van der Waals surface area contributed by atoms with Gasteiger partial charge in [-0.25, -0.2) is 0 Å². The molecule has 2 N–H and O–H groups in total. The van der Waals surface area contributed by atoms with Crippen molar-refractivity contribution < 1.29 is 14.0 Å². The van der Waals surface area contributed by atoms with Crippen molar-refractivity contribution in [3.8, 4) is 0 Å². The van der Waals surface area contributed by atoms with E-state index in [0.717, 1.165) is 5.56 Å². The van der Waals surface area contributed by atoms with Crippen LogP contribution in [0.3, 0.4) is 0 Å². The van der Waals surface area contributed by atoms with E-state index >= 15 is 0 Å². The van der Waals surface area contributed by atoms with Gasteiger partial charge in [0.2, 0.25) is 0 Å². The van der Waals surface area contributed by atoms with Crippen molar-refractivity contribution in [1.29, 1.82) is 0 Å². The first-order chi connectivity index (χ1) is 13.0. The Morgan fingerprint density at radius 2 is 1.89 bits per heavy atom. The number of nitrogens with one attached hydrogen (secondary N) is 2. The average Bonchev–Trinajstić information content (AvgIpc) is 3.36. The normalized spacial score (nSPS) is 12.0. The third kappa shape index (κ3) is 4.63. The molecule has 27 heavy (non-hydrogen) atoms. The van der Waals surface area contributed by atoms with Gasteiger partial charge in [-0.05, 0) is 41.8 Å². The molecule has 0 spiro atoms. The van der Waals surface area contributed by atoms with Crippen LogP contribution >= 0.6 is 0 Å². The summed E-state index contributed by atoms with van der Waals surface area (Å²) in [6, 6.07) is 12.5. The summed E-state index contributed by atoms with van der Waals surface area (Å²) < 4.78 is 7.09. The van der Waals surface area contributed by atoms with Crippen LogP contribution in [0, 0.1) is 0 Å². The van der Waals surface area contributed by atoms with Gasteiger partial charge in [0.1, 0.15) is 11.8 Å². The highest BCUT2D eigenvalue weighted by Gasteiger charge is 2.20. The Bertz CT molecular complexity index is 834. The number of nitrogens with zero attached hydrogens (tertiary/aromatic N) is 2. The summed E-state index contributed by atoms with van der Waals surface area (Å²) in [5.41, 5.74) is 1.74. The zero-order valence-corrected chi connectivity index (χ0v) is 15.3. The van der Waals surface area contributed by atoms with Gasteiger partial charge in [-0.3, -0.25) is 14.3 Å². The molecule has 7 nitrogen and oxygen atoms in total. The van der Waals surface area contributed by atoms with E-state index in [2.05, 4.69) is 29.6 Å². The van der Waals surface area contributed by atoms with E-state index in [1.807, 2.05) is 12.1 Å². The highest BCUT2D eigenvalue weighted by Crippen LogP contribution is 2.18. The maximum absolute atomic E-state index is 12.2. The van der Waals surface area contributed by atoms with E-state index in [9.17, 15) is 9.59 Å². The SMILES string of the molecule is CC(C)c1ccc(NC(=O)C(=O)NCC(c2ccco2)n2cccn2)cc1. The Balaban J connectivity index is 1.59. The topological polar surface area (TPSA) is 89.2 Å². The lowest BCUT2D eigenvalue weighted by molar-refractivity contribution is -0.136. The number of benzene rings is 1. The number of anilines is 1. The molecule has 7 heteroatoms. The van der Waals surface area contributed by atoms with E-state index in [4.69, 9.17) is 4.42 Å². The van der Waals surface area contributed by atoms with Crippen LogP contribution in [0.4, 0.5) is 5.69 Å². The number of hydrogen-bond donors (Lipinski definition) is 2. The van der Waals surface area contributed by atoms with Gasteiger partial charge in [-0.15, -0.1) is 0 Å². The van der Waals surface area contributed by atoms with Gasteiger partial charge < -0.3 is 15.1 Å². The van der Waals surface area contributed by atoms with E-state index in [1.54, 1.807) is 53.7 Å². The Kier molecular flexibility index (Phi) is 5.71. The Morgan fingerprint density at radius 3 is 2.48 bits per heavy atom. The molecule has 140 valence electrons. The Labute approximate surface area is 157 Å². The Hall–Kier alpha value is -3.35. The quantitative estimate of drug-likeness (QED) is 0.657. The molecule has 0 aliphatic rings. The summed E-state index contributed by atoms with van der Waals surface area (Å²) in [6.07, 6.45) is 4.97. The predicted molar refractivity (Wildman–Crippen MR) is 101 cm³/mol. The molecule has 0 aliphatic carbocycles. The summed E-state index contributed by atoms with van der Waals surface area (Å²) >= 11 is 0. The van der Waals surface area contributed by atoms with Crippen LogP contribution in [0.5, 0.6) is 0 Å². The molecule has 3 rings (SSSR count). The van der Waals surface area contributed by atoms with Gasteiger partial charge in [0.15, 0.2) is 0 Å². The fraction of sp³-hybridized carbons (Fsp3) is 0.250. The van der Waals surface area contributed by atoms with Crippen molar-refractivity contribution in [2.75, 3.05) is 11.9 Å². The van der Waals surface area contributed by atoms with Crippen LogP contribution in [0.15, 0.2) is 65.5 Å². The second-order valence-electron chi connectivity index (χ2n) is 6.46. The van der Waals surface area contributed by atoms with Crippen molar-refractivity contribution in [3.63, 3.8) is 0 Å². The standard InChI is InChI=1S/C20H22N4O3/c1-14(2)15-6-8-16(9-7-15)23-20(26)19(25)21-13-17(18-5-3-12-27-18)24-11-4-10-22-24/h3-12,14,17H,13H2,1-2H3,(H,21,25)(H,23,26). The molecule has 0 radical (unpaired) electrons. The highest BCUT2D eigenvalue weighted by molar-refractivity contribution is 6.39. The molecule has 1 atom stereocenters. The molecule has 2 aromatic heterocycles. The number of amides is 2.